The summed E-state index contributed by atoms with van der Waals surface area (Å²) in [6.45, 7) is 3.66. The van der Waals surface area contributed by atoms with Crippen LogP contribution in [0.2, 0.25) is 0 Å². The summed E-state index contributed by atoms with van der Waals surface area (Å²) in [4.78, 5) is 0. The van der Waals surface area contributed by atoms with Crippen molar-refractivity contribution in [1.29, 1.82) is 0 Å². The summed E-state index contributed by atoms with van der Waals surface area (Å²) in [5, 5.41) is 3.82. The van der Waals surface area contributed by atoms with Gasteiger partial charge in [-0.15, -0.1) is 6.58 Å². The Kier molecular flexibility index (Phi) is 3.85. The van der Waals surface area contributed by atoms with E-state index in [0.29, 0.717) is 12.1 Å². The molecule has 78 valence electrons. The SMILES string of the molecule is C=CCCC(OC)(OC)c1ccon1. The van der Waals surface area contributed by atoms with E-state index in [1.807, 2.05) is 6.08 Å². The lowest BCUT2D eigenvalue weighted by Crippen LogP contribution is -2.31. The van der Waals surface area contributed by atoms with Crippen LogP contribution in [0.3, 0.4) is 0 Å². The van der Waals surface area contributed by atoms with E-state index in [-0.39, 0.29) is 0 Å². The number of aromatic nitrogens is 1. The fraction of sp³-hybridized carbons (Fsp3) is 0.500. The first-order valence-electron chi connectivity index (χ1n) is 4.41. The minimum Gasteiger partial charge on any atom is -0.364 e. The molecule has 1 aromatic rings. The smallest absolute Gasteiger partial charge is 0.215 e. The lowest BCUT2D eigenvalue weighted by atomic mass is 10.1. The Balaban J connectivity index is 2.85. The molecule has 0 bridgehead atoms. The van der Waals surface area contributed by atoms with Crippen LogP contribution in [-0.2, 0) is 15.3 Å². The molecule has 1 heterocycles. The molecule has 0 unspecified atom stereocenters. The number of hydrogen-bond donors (Lipinski definition) is 0. The molecule has 4 heteroatoms. The fourth-order valence-electron chi connectivity index (χ4n) is 1.33. The van der Waals surface area contributed by atoms with E-state index in [9.17, 15) is 0 Å². The van der Waals surface area contributed by atoms with E-state index in [4.69, 9.17) is 14.0 Å². The second-order valence-electron chi connectivity index (χ2n) is 2.87. The third-order valence-electron chi connectivity index (χ3n) is 2.17. The van der Waals surface area contributed by atoms with Crippen LogP contribution in [0.1, 0.15) is 18.5 Å². The molecule has 0 atom stereocenters. The van der Waals surface area contributed by atoms with Crippen LogP contribution in [0.5, 0.6) is 0 Å². The number of methoxy groups -OCH3 is 2. The largest absolute Gasteiger partial charge is 0.364 e. The van der Waals surface area contributed by atoms with Gasteiger partial charge in [-0.05, 0) is 6.42 Å². The molecule has 0 amide bonds. The van der Waals surface area contributed by atoms with Crippen LogP contribution in [0.15, 0.2) is 29.5 Å². The standard InChI is InChI=1S/C10H15NO3/c1-4-5-7-10(12-2,13-3)9-6-8-14-11-9/h4,6,8H,1,5,7H2,2-3H3. The summed E-state index contributed by atoms with van der Waals surface area (Å²) in [5.41, 5.74) is 0.643. The average Bonchev–Trinajstić information content (AvgIpc) is 2.74. The normalized spacial score (nSPS) is 11.6. The third kappa shape index (κ3) is 2.02. The second kappa shape index (κ2) is 4.93. The summed E-state index contributed by atoms with van der Waals surface area (Å²) in [6, 6.07) is 1.73. The van der Waals surface area contributed by atoms with Crippen molar-refractivity contribution in [3.63, 3.8) is 0 Å². The van der Waals surface area contributed by atoms with Crippen LogP contribution in [0.4, 0.5) is 0 Å². The zero-order chi connectivity index (χ0) is 10.4. The molecular formula is C10H15NO3. The fourth-order valence-corrected chi connectivity index (χ4v) is 1.33. The maximum Gasteiger partial charge on any atom is 0.215 e. The van der Waals surface area contributed by atoms with Gasteiger partial charge in [-0.25, -0.2) is 0 Å². The van der Waals surface area contributed by atoms with Gasteiger partial charge in [0.2, 0.25) is 5.79 Å². The summed E-state index contributed by atoms with van der Waals surface area (Å²) in [5.74, 6) is -0.818. The lowest BCUT2D eigenvalue weighted by molar-refractivity contribution is -0.223. The van der Waals surface area contributed by atoms with Gasteiger partial charge in [0.1, 0.15) is 12.0 Å². The molecule has 0 saturated heterocycles. The van der Waals surface area contributed by atoms with Crippen LogP contribution in [0.25, 0.3) is 0 Å². The van der Waals surface area contributed by atoms with Crippen LogP contribution in [0, 0.1) is 0 Å². The highest BCUT2D eigenvalue weighted by molar-refractivity contribution is 5.05. The lowest BCUT2D eigenvalue weighted by Gasteiger charge is -2.27. The van der Waals surface area contributed by atoms with Crippen molar-refractivity contribution in [3.8, 4) is 0 Å². The second-order valence-corrected chi connectivity index (χ2v) is 2.87. The quantitative estimate of drug-likeness (QED) is 0.517. The molecule has 0 fully saturated rings. The monoisotopic (exact) mass is 197 g/mol. The number of hydrogen-bond acceptors (Lipinski definition) is 4. The van der Waals surface area contributed by atoms with Crippen molar-refractivity contribution in [2.45, 2.75) is 18.6 Å². The Labute approximate surface area is 83.5 Å². The van der Waals surface area contributed by atoms with Gasteiger partial charge in [-0.2, -0.15) is 0 Å². The number of allylic oxidation sites excluding steroid dienone is 1. The molecule has 4 nitrogen and oxygen atoms in total. The van der Waals surface area contributed by atoms with E-state index >= 15 is 0 Å². The average molecular weight is 197 g/mol. The molecule has 0 aliphatic heterocycles. The highest BCUT2D eigenvalue weighted by Crippen LogP contribution is 2.29. The zero-order valence-corrected chi connectivity index (χ0v) is 8.53. The highest BCUT2D eigenvalue weighted by Gasteiger charge is 2.34. The Morgan fingerprint density at radius 2 is 2.29 bits per heavy atom. The predicted molar refractivity (Wildman–Crippen MR) is 51.6 cm³/mol. The molecule has 0 spiro atoms. The topological polar surface area (TPSA) is 44.5 Å². The van der Waals surface area contributed by atoms with Gasteiger partial charge in [0, 0.05) is 26.7 Å². The van der Waals surface area contributed by atoms with Gasteiger partial charge in [-0.3, -0.25) is 0 Å². The molecule has 0 radical (unpaired) electrons. The highest BCUT2D eigenvalue weighted by atomic mass is 16.7. The molecule has 0 saturated carbocycles. The molecular weight excluding hydrogens is 182 g/mol. The predicted octanol–water partition coefficient (Wildman–Crippen LogP) is 2.09. The van der Waals surface area contributed by atoms with Crippen molar-refractivity contribution in [3.05, 3.63) is 30.7 Å². The van der Waals surface area contributed by atoms with Gasteiger partial charge in [0.05, 0.1) is 0 Å². The maximum atomic E-state index is 5.34. The summed E-state index contributed by atoms with van der Waals surface area (Å²) < 4.78 is 15.5. The van der Waals surface area contributed by atoms with Gasteiger partial charge in [-0.1, -0.05) is 11.2 Å². The molecule has 14 heavy (non-hydrogen) atoms. The van der Waals surface area contributed by atoms with E-state index in [1.54, 1.807) is 20.3 Å². The molecule has 1 aromatic heterocycles. The Hall–Kier alpha value is -1.13. The van der Waals surface area contributed by atoms with Gasteiger partial charge in [0.25, 0.3) is 0 Å². The molecule has 0 aliphatic rings. The van der Waals surface area contributed by atoms with Crippen molar-refractivity contribution < 1.29 is 14.0 Å². The van der Waals surface area contributed by atoms with Gasteiger partial charge in [0.15, 0.2) is 0 Å². The van der Waals surface area contributed by atoms with Gasteiger partial charge < -0.3 is 14.0 Å². The van der Waals surface area contributed by atoms with E-state index in [0.717, 1.165) is 6.42 Å². The Morgan fingerprint density at radius 3 is 2.71 bits per heavy atom. The number of ether oxygens (including phenoxy) is 2. The summed E-state index contributed by atoms with van der Waals surface area (Å²) in [6.07, 6.45) is 4.76. The van der Waals surface area contributed by atoms with E-state index in [2.05, 4.69) is 11.7 Å². The molecule has 0 aromatic carbocycles. The first kappa shape index (κ1) is 10.9. The number of nitrogens with zero attached hydrogens (tertiary/aromatic N) is 1. The van der Waals surface area contributed by atoms with E-state index < -0.39 is 5.79 Å². The molecule has 0 N–H and O–H groups in total. The third-order valence-corrected chi connectivity index (χ3v) is 2.17. The van der Waals surface area contributed by atoms with Crippen LogP contribution < -0.4 is 0 Å². The minimum atomic E-state index is -0.818. The van der Waals surface area contributed by atoms with E-state index in [1.165, 1.54) is 6.26 Å². The Morgan fingerprint density at radius 1 is 1.57 bits per heavy atom. The maximum absolute atomic E-state index is 5.34. The van der Waals surface area contributed by atoms with Crippen molar-refractivity contribution in [2.24, 2.45) is 0 Å². The zero-order valence-electron chi connectivity index (χ0n) is 8.53. The summed E-state index contributed by atoms with van der Waals surface area (Å²) >= 11 is 0. The molecule has 0 aliphatic carbocycles. The Bertz CT molecular complexity index is 265. The first-order valence-corrected chi connectivity index (χ1v) is 4.41. The van der Waals surface area contributed by atoms with Crippen molar-refractivity contribution in [2.75, 3.05) is 14.2 Å². The van der Waals surface area contributed by atoms with Crippen LogP contribution in [-0.4, -0.2) is 19.4 Å². The van der Waals surface area contributed by atoms with Crippen molar-refractivity contribution in [1.82, 2.24) is 5.16 Å². The number of rotatable bonds is 6. The van der Waals surface area contributed by atoms with Crippen LogP contribution >= 0.6 is 0 Å². The molecule has 1 rings (SSSR count). The van der Waals surface area contributed by atoms with Crippen molar-refractivity contribution >= 4 is 0 Å². The minimum absolute atomic E-state index is 0.643. The first-order chi connectivity index (χ1) is 6.79. The van der Waals surface area contributed by atoms with Gasteiger partial charge >= 0.3 is 0 Å². The summed E-state index contributed by atoms with van der Waals surface area (Å²) in [7, 11) is 3.17.